The number of hydrogen-bond donors (Lipinski definition) is 2. The second-order valence-corrected chi connectivity index (χ2v) is 6.17. The van der Waals surface area contributed by atoms with E-state index in [9.17, 15) is 0 Å². The van der Waals surface area contributed by atoms with E-state index in [1.807, 2.05) is 13.0 Å². The molecule has 1 aromatic heterocycles. The molecular formula is C18H26N4. The van der Waals surface area contributed by atoms with Crippen molar-refractivity contribution in [2.24, 2.45) is 5.92 Å². The minimum atomic E-state index is 0.675. The third-order valence-electron chi connectivity index (χ3n) is 3.42. The lowest BCUT2D eigenvalue weighted by molar-refractivity contribution is 0.606. The van der Waals surface area contributed by atoms with Gasteiger partial charge in [-0.15, -0.1) is 0 Å². The molecule has 0 aliphatic heterocycles. The van der Waals surface area contributed by atoms with Crippen molar-refractivity contribution < 1.29 is 0 Å². The van der Waals surface area contributed by atoms with Gasteiger partial charge in [0.2, 0.25) is 5.95 Å². The third kappa shape index (κ3) is 5.35. The van der Waals surface area contributed by atoms with Gasteiger partial charge in [-0.05, 0) is 31.7 Å². The predicted octanol–water partition coefficient (Wildman–Crippen LogP) is 4.16. The minimum absolute atomic E-state index is 0.675. The number of benzene rings is 1. The first kappa shape index (κ1) is 16.3. The zero-order chi connectivity index (χ0) is 15.9. The van der Waals surface area contributed by atoms with Crippen LogP contribution >= 0.6 is 0 Å². The summed E-state index contributed by atoms with van der Waals surface area (Å²) in [5, 5.41) is 6.68. The maximum Gasteiger partial charge on any atom is 0.225 e. The quantitative estimate of drug-likeness (QED) is 0.805. The summed E-state index contributed by atoms with van der Waals surface area (Å²) in [6, 6.07) is 10.4. The highest BCUT2D eigenvalue weighted by molar-refractivity contribution is 5.42. The molecule has 0 spiro atoms. The Morgan fingerprint density at radius 1 is 1.05 bits per heavy atom. The van der Waals surface area contributed by atoms with Crippen LogP contribution in [-0.4, -0.2) is 16.5 Å². The highest BCUT2D eigenvalue weighted by Crippen LogP contribution is 2.12. The number of aryl methyl sites for hydroxylation is 2. The molecular weight excluding hydrogens is 272 g/mol. The van der Waals surface area contributed by atoms with Crippen LogP contribution < -0.4 is 10.6 Å². The molecule has 0 saturated heterocycles. The standard InChI is InChI=1S/C18H26N4/c1-13(2)8-9-19-17-11-15(4)21-18(22-17)20-12-16-7-5-6-14(3)10-16/h5-7,10-11,13H,8-9,12H2,1-4H3,(H2,19,20,21,22). The summed E-state index contributed by atoms with van der Waals surface area (Å²) in [6.07, 6.45) is 1.13. The SMILES string of the molecule is Cc1cccc(CNc2nc(C)cc(NCCC(C)C)n2)c1. The van der Waals surface area contributed by atoms with E-state index < -0.39 is 0 Å². The number of nitrogens with zero attached hydrogens (tertiary/aromatic N) is 2. The average Bonchev–Trinajstić information content (AvgIpc) is 2.44. The van der Waals surface area contributed by atoms with Crippen molar-refractivity contribution in [1.82, 2.24) is 9.97 Å². The Labute approximate surface area is 133 Å². The van der Waals surface area contributed by atoms with Crippen molar-refractivity contribution in [3.63, 3.8) is 0 Å². The van der Waals surface area contributed by atoms with Crippen LogP contribution in [0.4, 0.5) is 11.8 Å². The number of rotatable bonds is 7. The van der Waals surface area contributed by atoms with E-state index in [0.29, 0.717) is 11.9 Å². The molecule has 0 saturated carbocycles. The van der Waals surface area contributed by atoms with Crippen LogP contribution in [0.3, 0.4) is 0 Å². The molecule has 2 aromatic rings. The van der Waals surface area contributed by atoms with E-state index >= 15 is 0 Å². The summed E-state index contributed by atoms with van der Waals surface area (Å²) < 4.78 is 0. The maximum absolute atomic E-state index is 4.53. The van der Waals surface area contributed by atoms with Gasteiger partial charge in [0.1, 0.15) is 5.82 Å². The molecule has 0 aliphatic rings. The Morgan fingerprint density at radius 3 is 2.59 bits per heavy atom. The summed E-state index contributed by atoms with van der Waals surface area (Å²) in [7, 11) is 0. The van der Waals surface area contributed by atoms with Gasteiger partial charge < -0.3 is 10.6 Å². The molecule has 118 valence electrons. The van der Waals surface area contributed by atoms with E-state index in [2.05, 4.69) is 65.6 Å². The first-order chi connectivity index (χ1) is 10.5. The van der Waals surface area contributed by atoms with Crippen molar-refractivity contribution in [2.75, 3.05) is 17.2 Å². The molecule has 2 rings (SSSR count). The number of aromatic nitrogens is 2. The van der Waals surface area contributed by atoms with Gasteiger partial charge in [-0.2, -0.15) is 4.98 Å². The van der Waals surface area contributed by atoms with Crippen molar-refractivity contribution in [1.29, 1.82) is 0 Å². The van der Waals surface area contributed by atoms with Gasteiger partial charge in [-0.3, -0.25) is 0 Å². The first-order valence-electron chi connectivity index (χ1n) is 7.92. The van der Waals surface area contributed by atoms with Gasteiger partial charge in [0, 0.05) is 24.8 Å². The molecule has 0 atom stereocenters. The number of anilines is 2. The van der Waals surface area contributed by atoms with E-state index in [0.717, 1.165) is 31.0 Å². The maximum atomic E-state index is 4.53. The van der Waals surface area contributed by atoms with Gasteiger partial charge in [0.25, 0.3) is 0 Å². The molecule has 0 aliphatic carbocycles. The van der Waals surface area contributed by atoms with Crippen LogP contribution in [-0.2, 0) is 6.54 Å². The molecule has 0 unspecified atom stereocenters. The fraction of sp³-hybridized carbons (Fsp3) is 0.444. The zero-order valence-corrected chi connectivity index (χ0v) is 14.0. The van der Waals surface area contributed by atoms with E-state index in [4.69, 9.17) is 0 Å². The molecule has 1 aromatic carbocycles. The average molecular weight is 298 g/mol. The summed E-state index contributed by atoms with van der Waals surface area (Å²) in [4.78, 5) is 8.99. The first-order valence-corrected chi connectivity index (χ1v) is 7.92. The number of hydrogen-bond acceptors (Lipinski definition) is 4. The summed E-state index contributed by atoms with van der Waals surface area (Å²) in [5.74, 6) is 2.25. The molecule has 0 bridgehead atoms. The second kappa shape index (κ2) is 7.78. The van der Waals surface area contributed by atoms with Crippen LogP contribution in [0.2, 0.25) is 0 Å². The Balaban J connectivity index is 1.97. The van der Waals surface area contributed by atoms with Crippen LogP contribution in [0.1, 0.15) is 37.1 Å². The molecule has 4 heteroatoms. The Kier molecular flexibility index (Phi) is 5.75. The van der Waals surface area contributed by atoms with Gasteiger partial charge in [0.15, 0.2) is 0 Å². The number of nitrogens with one attached hydrogen (secondary N) is 2. The van der Waals surface area contributed by atoms with E-state index in [1.165, 1.54) is 11.1 Å². The van der Waals surface area contributed by atoms with Crippen molar-refractivity contribution >= 4 is 11.8 Å². The Morgan fingerprint density at radius 2 is 1.86 bits per heavy atom. The molecule has 2 N–H and O–H groups in total. The van der Waals surface area contributed by atoms with Crippen LogP contribution in [0.25, 0.3) is 0 Å². The molecule has 1 heterocycles. The molecule has 4 nitrogen and oxygen atoms in total. The predicted molar refractivity (Wildman–Crippen MR) is 93.2 cm³/mol. The molecule has 0 radical (unpaired) electrons. The van der Waals surface area contributed by atoms with Crippen molar-refractivity contribution in [3.8, 4) is 0 Å². The smallest absolute Gasteiger partial charge is 0.225 e. The minimum Gasteiger partial charge on any atom is -0.370 e. The lowest BCUT2D eigenvalue weighted by Crippen LogP contribution is -2.10. The van der Waals surface area contributed by atoms with Crippen molar-refractivity contribution in [2.45, 2.75) is 40.7 Å². The van der Waals surface area contributed by atoms with Gasteiger partial charge >= 0.3 is 0 Å². The van der Waals surface area contributed by atoms with Gasteiger partial charge in [-0.25, -0.2) is 4.98 Å². The normalized spacial score (nSPS) is 10.8. The summed E-state index contributed by atoms with van der Waals surface area (Å²) in [6.45, 7) is 10.2. The van der Waals surface area contributed by atoms with Crippen LogP contribution in [0, 0.1) is 19.8 Å². The lowest BCUT2D eigenvalue weighted by atomic mass is 10.1. The highest BCUT2D eigenvalue weighted by Gasteiger charge is 2.03. The van der Waals surface area contributed by atoms with E-state index in [1.54, 1.807) is 0 Å². The Hall–Kier alpha value is -2.10. The summed E-state index contributed by atoms with van der Waals surface area (Å²) in [5.41, 5.74) is 3.47. The highest BCUT2D eigenvalue weighted by atomic mass is 15.1. The topological polar surface area (TPSA) is 49.8 Å². The zero-order valence-electron chi connectivity index (χ0n) is 14.0. The van der Waals surface area contributed by atoms with E-state index in [-0.39, 0.29) is 0 Å². The van der Waals surface area contributed by atoms with Crippen molar-refractivity contribution in [3.05, 3.63) is 47.2 Å². The fourth-order valence-electron chi connectivity index (χ4n) is 2.23. The molecule has 0 amide bonds. The largest absolute Gasteiger partial charge is 0.370 e. The van der Waals surface area contributed by atoms with Gasteiger partial charge in [-0.1, -0.05) is 43.7 Å². The Bertz CT molecular complexity index is 608. The fourth-order valence-corrected chi connectivity index (χ4v) is 2.23. The third-order valence-corrected chi connectivity index (χ3v) is 3.42. The lowest BCUT2D eigenvalue weighted by Gasteiger charge is -2.11. The monoisotopic (exact) mass is 298 g/mol. The summed E-state index contributed by atoms with van der Waals surface area (Å²) >= 11 is 0. The molecule has 22 heavy (non-hydrogen) atoms. The van der Waals surface area contributed by atoms with Gasteiger partial charge in [0.05, 0.1) is 0 Å². The molecule has 0 fully saturated rings. The van der Waals surface area contributed by atoms with Crippen LogP contribution in [0.5, 0.6) is 0 Å². The van der Waals surface area contributed by atoms with Crippen LogP contribution in [0.15, 0.2) is 30.3 Å². The second-order valence-electron chi connectivity index (χ2n) is 6.17.